The average Bonchev–Trinajstić information content (AvgIpc) is 3.33. The van der Waals surface area contributed by atoms with Crippen molar-refractivity contribution in [1.29, 1.82) is 0 Å². The zero-order valence-electron chi connectivity index (χ0n) is 26.1. The van der Waals surface area contributed by atoms with Crippen LogP contribution in [0.5, 0.6) is 11.8 Å². The predicted octanol–water partition coefficient (Wildman–Crippen LogP) is 3.07. The summed E-state index contributed by atoms with van der Waals surface area (Å²) in [5, 5.41) is 3.62. The van der Waals surface area contributed by atoms with E-state index < -0.39 is 27.0 Å². The van der Waals surface area contributed by atoms with Crippen molar-refractivity contribution in [3.8, 4) is 11.8 Å². The van der Waals surface area contributed by atoms with E-state index in [4.69, 9.17) is 25.8 Å². The van der Waals surface area contributed by atoms with Crippen LogP contribution in [-0.4, -0.2) is 100 Å². The monoisotopic (exact) mass is 685 g/mol. The van der Waals surface area contributed by atoms with Crippen LogP contribution in [0.4, 0.5) is 16.4 Å². The van der Waals surface area contributed by atoms with Crippen LogP contribution in [0.1, 0.15) is 27.7 Å². The zero-order valence-corrected chi connectivity index (χ0v) is 28.5. The third-order valence-corrected chi connectivity index (χ3v) is 8.34. The van der Waals surface area contributed by atoms with E-state index in [2.05, 4.69) is 25.6 Å². The largest absolute Gasteiger partial charge is 0.481 e. The van der Waals surface area contributed by atoms with Crippen LogP contribution in [0.2, 0.25) is 0 Å². The number of urea groups is 1. The Kier molecular flexibility index (Phi) is 13.9. The fourth-order valence-electron chi connectivity index (χ4n) is 3.87. The van der Waals surface area contributed by atoms with Gasteiger partial charge in [-0.15, -0.1) is 22.9 Å². The van der Waals surface area contributed by atoms with Crippen molar-refractivity contribution < 1.29 is 37.0 Å². The van der Waals surface area contributed by atoms with Gasteiger partial charge in [-0.05, 0) is 43.8 Å². The second kappa shape index (κ2) is 16.9. The number of pyridine rings is 1. The number of sulfonamides is 1. The molecule has 0 fully saturated rings. The number of aromatic nitrogens is 3. The molecule has 3 aromatic heterocycles. The van der Waals surface area contributed by atoms with Gasteiger partial charge in [-0.3, -0.25) is 14.9 Å². The maximum Gasteiger partial charge on any atom is 0.335 e. The van der Waals surface area contributed by atoms with E-state index in [0.29, 0.717) is 6.61 Å². The molecule has 0 bridgehead atoms. The molecule has 45 heavy (non-hydrogen) atoms. The minimum absolute atomic E-state index is 0.0111. The van der Waals surface area contributed by atoms with Crippen molar-refractivity contribution in [3.05, 3.63) is 45.8 Å². The van der Waals surface area contributed by atoms with Crippen molar-refractivity contribution in [2.45, 2.75) is 31.8 Å². The third kappa shape index (κ3) is 9.97. The number of aryl methyl sites for hydroxylation is 2. The molecule has 0 spiro atoms. The highest BCUT2D eigenvalue weighted by molar-refractivity contribution is 7.90. The molecule has 0 unspecified atom stereocenters. The van der Waals surface area contributed by atoms with E-state index >= 15 is 0 Å². The Morgan fingerprint density at radius 1 is 1.09 bits per heavy atom. The van der Waals surface area contributed by atoms with Crippen LogP contribution in [0.25, 0.3) is 0 Å². The summed E-state index contributed by atoms with van der Waals surface area (Å²) in [5.41, 5.74) is 1.89. The number of nitrogens with zero attached hydrogens (tertiary/aromatic N) is 5. The zero-order chi connectivity index (χ0) is 33.9. The predicted molar refractivity (Wildman–Crippen MR) is 170 cm³/mol. The van der Waals surface area contributed by atoms with Gasteiger partial charge < -0.3 is 24.0 Å². The topological polar surface area (TPSA) is 182 Å². The molecular formula is C27H36ClN7O8S2. The number of ether oxygens (including phenoxy) is 3. The number of methoxy groups -OCH3 is 3. The third-order valence-electron chi connectivity index (χ3n) is 5.80. The standard InChI is InChI=1S/C15H18N6O6S.C12H18ClNO2S/c1-21(2)13(22)9-6-5-7-16-12(9)28(24,25)20-15(23)19-14-17-10(26-3)8-11(18-14)27-4;1-8-7-17-10(3)12(8)14(11(15)5-13)9(2)6-16-4/h5-8H,1-4H3,(H2,17,18,19,20,23);7,9H,5-6H2,1-4H3/t;9-/m.0/s1. The quantitative estimate of drug-likeness (QED) is 0.283. The van der Waals surface area contributed by atoms with Crippen molar-refractivity contribution in [2.24, 2.45) is 0 Å². The van der Waals surface area contributed by atoms with Gasteiger partial charge in [0.25, 0.3) is 15.9 Å². The Bertz CT molecular complexity index is 1560. The summed E-state index contributed by atoms with van der Waals surface area (Å²) in [5.74, 6) is -0.754. The molecule has 1 atom stereocenters. The first-order valence-corrected chi connectivity index (χ1v) is 16.0. The van der Waals surface area contributed by atoms with Gasteiger partial charge in [0.05, 0.1) is 44.2 Å². The van der Waals surface area contributed by atoms with E-state index in [1.165, 1.54) is 57.6 Å². The van der Waals surface area contributed by atoms with Gasteiger partial charge in [-0.25, -0.2) is 14.5 Å². The molecule has 3 rings (SSSR count). The second-order valence-electron chi connectivity index (χ2n) is 9.42. The number of nitrogens with one attached hydrogen (secondary N) is 2. The lowest BCUT2D eigenvalue weighted by molar-refractivity contribution is -0.116. The van der Waals surface area contributed by atoms with Crippen LogP contribution < -0.4 is 24.4 Å². The van der Waals surface area contributed by atoms with Crippen molar-refractivity contribution >= 4 is 62.4 Å². The molecule has 0 radical (unpaired) electrons. The first-order valence-electron chi connectivity index (χ1n) is 13.1. The smallest absolute Gasteiger partial charge is 0.335 e. The molecule has 246 valence electrons. The minimum atomic E-state index is -4.46. The molecule has 0 saturated carbocycles. The molecule has 3 heterocycles. The van der Waals surface area contributed by atoms with Crippen LogP contribution >= 0.6 is 22.9 Å². The van der Waals surface area contributed by atoms with E-state index in [-0.39, 0.29) is 41.1 Å². The number of carbonyl (C=O) groups excluding carboxylic acids is 3. The Morgan fingerprint density at radius 2 is 1.71 bits per heavy atom. The number of carbonyl (C=O) groups is 3. The minimum Gasteiger partial charge on any atom is -0.481 e. The molecule has 15 nitrogen and oxygen atoms in total. The second-order valence-corrected chi connectivity index (χ2v) is 12.4. The summed E-state index contributed by atoms with van der Waals surface area (Å²) in [4.78, 5) is 51.8. The molecule has 0 aliphatic heterocycles. The Labute approximate surface area is 270 Å². The number of thiophene rings is 1. The molecular weight excluding hydrogens is 650 g/mol. The summed E-state index contributed by atoms with van der Waals surface area (Å²) in [6.07, 6.45) is 1.19. The SMILES string of the molecule is COC[C@H](C)N(C(=O)CCl)c1c(C)csc1C.COc1cc(OC)nc(NC(=O)NS(=O)(=O)c2ncccc2C(=O)N(C)C)n1. The molecule has 4 amide bonds. The maximum atomic E-state index is 12.5. The number of amides is 4. The van der Waals surface area contributed by atoms with Gasteiger partial charge in [0, 0.05) is 32.3 Å². The van der Waals surface area contributed by atoms with Gasteiger partial charge in [-0.2, -0.15) is 18.4 Å². The lowest BCUT2D eigenvalue weighted by Crippen LogP contribution is -2.42. The molecule has 0 saturated heterocycles. The Hall–Kier alpha value is -4.06. The maximum absolute atomic E-state index is 12.5. The first-order chi connectivity index (χ1) is 21.2. The summed E-state index contributed by atoms with van der Waals surface area (Å²) in [6, 6.07) is 2.89. The van der Waals surface area contributed by atoms with Gasteiger partial charge in [0.15, 0.2) is 5.03 Å². The molecule has 0 aliphatic carbocycles. The number of anilines is 2. The average molecular weight is 686 g/mol. The van der Waals surface area contributed by atoms with Crippen molar-refractivity contribution in [2.75, 3.05) is 58.1 Å². The van der Waals surface area contributed by atoms with E-state index in [1.807, 2.05) is 20.8 Å². The van der Waals surface area contributed by atoms with Gasteiger partial charge in [-0.1, -0.05) is 0 Å². The Balaban J connectivity index is 0.000000355. The number of alkyl halides is 1. The fraction of sp³-hybridized carbons (Fsp3) is 0.407. The van der Waals surface area contributed by atoms with Crippen LogP contribution in [0.15, 0.2) is 34.8 Å². The summed E-state index contributed by atoms with van der Waals surface area (Å²) < 4.78 is 41.8. The lowest BCUT2D eigenvalue weighted by atomic mass is 10.2. The van der Waals surface area contributed by atoms with Gasteiger partial charge >= 0.3 is 6.03 Å². The molecule has 0 aliphatic rings. The van der Waals surface area contributed by atoms with E-state index in [1.54, 1.807) is 28.1 Å². The number of hydrogen-bond donors (Lipinski definition) is 2. The molecule has 3 aromatic rings. The first kappa shape index (κ1) is 37.1. The number of rotatable bonds is 11. The van der Waals surface area contributed by atoms with Crippen LogP contribution in [0, 0.1) is 13.8 Å². The highest BCUT2D eigenvalue weighted by Crippen LogP contribution is 2.32. The summed E-state index contributed by atoms with van der Waals surface area (Å²) in [7, 11) is 2.78. The molecule has 0 aromatic carbocycles. The van der Waals surface area contributed by atoms with E-state index in [9.17, 15) is 22.8 Å². The van der Waals surface area contributed by atoms with E-state index in [0.717, 1.165) is 16.1 Å². The normalized spacial score (nSPS) is 11.4. The number of halogens is 1. The van der Waals surface area contributed by atoms with Crippen molar-refractivity contribution in [1.82, 2.24) is 24.6 Å². The Morgan fingerprint density at radius 3 is 2.20 bits per heavy atom. The molecule has 2 N–H and O–H groups in total. The summed E-state index contributed by atoms with van der Waals surface area (Å²) >= 11 is 7.33. The van der Waals surface area contributed by atoms with Crippen molar-refractivity contribution in [3.63, 3.8) is 0 Å². The number of hydrogen-bond acceptors (Lipinski definition) is 12. The van der Waals surface area contributed by atoms with Gasteiger partial charge in [0.1, 0.15) is 5.88 Å². The fourth-order valence-corrected chi connectivity index (χ4v) is 5.87. The van der Waals surface area contributed by atoms with Crippen LogP contribution in [-0.2, 0) is 19.6 Å². The van der Waals surface area contributed by atoms with Gasteiger partial charge in [0.2, 0.25) is 23.6 Å². The highest BCUT2D eigenvalue weighted by Gasteiger charge is 2.27. The lowest BCUT2D eigenvalue weighted by Gasteiger charge is -2.29. The highest BCUT2D eigenvalue weighted by atomic mass is 35.5. The van der Waals surface area contributed by atoms with Crippen LogP contribution in [0.3, 0.4) is 0 Å². The molecule has 18 heteroatoms. The summed E-state index contributed by atoms with van der Waals surface area (Å²) in [6.45, 7) is 6.48.